The third kappa shape index (κ3) is 4.70. The highest BCUT2D eigenvalue weighted by molar-refractivity contribution is 5.74. The lowest BCUT2D eigenvalue weighted by Gasteiger charge is -2.25. The van der Waals surface area contributed by atoms with Crippen LogP contribution < -0.4 is 5.32 Å². The number of ether oxygens (including phenoxy) is 1. The van der Waals surface area contributed by atoms with E-state index in [2.05, 4.69) is 12.2 Å². The maximum atomic E-state index is 11.9. The first kappa shape index (κ1) is 15.8. The normalized spacial score (nSPS) is 23.9. The first-order valence-corrected chi connectivity index (χ1v) is 6.84. The van der Waals surface area contributed by atoms with Crippen molar-refractivity contribution in [1.82, 2.24) is 10.2 Å². The molecule has 0 aliphatic carbocycles. The molecule has 0 aromatic carbocycles. The average Bonchev–Trinajstić information content (AvgIpc) is 2.84. The van der Waals surface area contributed by atoms with E-state index in [9.17, 15) is 9.59 Å². The molecule has 110 valence electrons. The summed E-state index contributed by atoms with van der Waals surface area (Å²) in [7, 11) is 1.77. The molecule has 3 unspecified atom stereocenters. The minimum Gasteiger partial charge on any atom is -0.479 e. The number of carboxylic acids is 1. The molecule has 1 saturated heterocycles. The summed E-state index contributed by atoms with van der Waals surface area (Å²) in [5.74, 6) is -0.928. The number of nitrogens with one attached hydrogen (secondary N) is 1. The van der Waals surface area contributed by atoms with E-state index in [-0.39, 0.29) is 18.2 Å². The fourth-order valence-electron chi connectivity index (χ4n) is 2.17. The van der Waals surface area contributed by atoms with Crippen molar-refractivity contribution in [3.8, 4) is 0 Å². The van der Waals surface area contributed by atoms with E-state index in [4.69, 9.17) is 9.84 Å². The summed E-state index contributed by atoms with van der Waals surface area (Å²) < 4.78 is 5.33. The van der Waals surface area contributed by atoms with E-state index in [0.29, 0.717) is 19.4 Å². The molecule has 1 rings (SSSR count). The lowest BCUT2D eigenvalue weighted by molar-refractivity contribution is -0.149. The van der Waals surface area contributed by atoms with Crippen LogP contribution in [0.1, 0.15) is 39.5 Å². The van der Waals surface area contributed by atoms with Crippen LogP contribution in [0.2, 0.25) is 0 Å². The van der Waals surface area contributed by atoms with Gasteiger partial charge < -0.3 is 20.1 Å². The van der Waals surface area contributed by atoms with Gasteiger partial charge in [0.05, 0.1) is 6.10 Å². The van der Waals surface area contributed by atoms with Crippen molar-refractivity contribution in [2.45, 2.75) is 57.8 Å². The lowest BCUT2D eigenvalue weighted by atomic mass is 10.2. The Hall–Kier alpha value is -1.30. The quantitative estimate of drug-likeness (QED) is 0.767. The summed E-state index contributed by atoms with van der Waals surface area (Å²) in [4.78, 5) is 24.3. The topological polar surface area (TPSA) is 78.9 Å². The largest absolute Gasteiger partial charge is 0.479 e. The third-order valence-corrected chi connectivity index (χ3v) is 3.55. The van der Waals surface area contributed by atoms with Gasteiger partial charge in [-0.05, 0) is 26.2 Å². The molecule has 2 N–H and O–H groups in total. The molecule has 1 heterocycles. The lowest BCUT2D eigenvalue weighted by Crippen LogP contribution is -2.44. The van der Waals surface area contributed by atoms with Gasteiger partial charge in [-0.3, -0.25) is 0 Å². The molecular weight excluding hydrogens is 248 g/mol. The molecule has 1 aliphatic rings. The van der Waals surface area contributed by atoms with Gasteiger partial charge in [0.25, 0.3) is 0 Å². The highest BCUT2D eigenvalue weighted by atomic mass is 16.5. The maximum absolute atomic E-state index is 11.9. The number of hydrogen-bond acceptors (Lipinski definition) is 3. The minimum absolute atomic E-state index is 0.136. The first-order chi connectivity index (χ1) is 8.95. The van der Waals surface area contributed by atoms with Gasteiger partial charge in [0, 0.05) is 19.6 Å². The molecule has 2 amide bonds. The molecule has 3 atom stereocenters. The van der Waals surface area contributed by atoms with Gasteiger partial charge in [-0.1, -0.05) is 13.3 Å². The number of hydrogen-bond donors (Lipinski definition) is 2. The van der Waals surface area contributed by atoms with Crippen LogP contribution in [-0.4, -0.2) is 53.8 Å². The highest BCUT2D eigenvalue weighted by Gasteiger charge is 2.30. The molecule has 0 radical (unpaired) electrons. The van der Waals surface area contributed by atoms with Crippen LogP contribution in [0.4, 0.5) is 4.79 Å². The summed E-state index contributed by atoms with van der Waals surface area (Å²) in [6.07, 6.45) is 2.26. The van der Waals surface area contributed by atoms with Gasteiger partial charge in [0.1, 0.15) is 0 Å². The second-order valence-corrected chi connectivity index (χ2v) is 5.10. The smallest absolute Gasteiger partial charge is 0.332 e. The Bertz CT molecular complexity index is 322. The molecule has 0 saturated carbocycles. The Morgan fingerprint density at radius 2 is 2.16 bits per heavy atom. The summed E-state index contributed by atoms with van der Waals surface area (Å²) >= 11 is 0. The fraction of sp³-hybridized carbons (Fsp3) is 0.846. The fourth-order valence-corrected chi connectivity index (χ4v) is 2.17. The van der Waals surface area contributed by atoms with Crippen LogP contribution in [0.3, 0.4) is 0 Å². The highest BCUT2D eigenvalue weighted by Crippen LogP contribution is 2.19. The van der Waals surface area contributed by atoms with E-state index < -0.39 is 12.1 Å². The third-order valence-electron chi connectivity index (χ3n) is 3.55. The molecule has 1 fully saturated rings. The van der Waals surface area contributed by atoms with Gasteiger partial charge in [-0.2, -0.15) is 0 Å². The zero-order chi connectivity index (χ0) is 14.4. The summed E-state index contributed by atoms with van der Waals surface area (Å²) in [5.41, 5.74) is 0. The second-order valence-electron chi connectivity index (χ2n) is 5.10. The molecular formula is C13H24N2O4. The number of carbonyl (C=O) groups is 2. The van der Waals surface area contributed by atoms with Crippen molar-refractivity contribution in [3.63, 3.8) is 0 Å². The second kappa shape index (κ2) is 7.33. The molecule has 0 aromatic heterocycles. The van der Waals surface area contributed by atoms with Crippen molar-refractivity contribution in [2.24, 2.45) is 0 Å². The standard InChI is InChI=1S/C13H24N2O4/c1-4-5-9(2)15(3)13(18)14-8-10-6-7-11(19-10)12(16)17/h9-11H,4-8H2,1-3H3,(H,14,18)(H,16,17). The molecule has 19 heavy (non-hydrogen) atoms. The van der Waals surface area contributed by atoms with E-state index in [1.54, 1.807) is 11.9 Å². The zero-order valence-electron chi connectivity index (χ0n) is 11.9. The Balaban J connectivity index is 2.29. The number of amides is 2. The Morgan fingerprint density at radius 3 is 2.68 bits per heavy atom. The number of rotatable bonds is 6. The van der Waals surface area contributed by atoms with Gasteiger partial charge in [-0.25, -0.2) is 9.59 Å². The zero-order valence-corrected chi connectivity index (χ0v) is 11.9. The molecule has 0 aromatic rings. The average molecular weight is 272 g/mol. The number of carbonyl (C=O) groups excluding carboxylic acids is 1. The summed E-state index contributed by atoms with van der Waals surface area (Å²) in [6.45, 7) is 4.46. The van der Waals surface area contributed by atoms with Crippen molar-refractivity contribution in [1.29, 1.82) is 0 Å². The number of carboxylic acid groups (broad SMARTS) is 1. The van der Waals surface area contributed by atoms with Crippen molar-refractivity contribution < 1.29 is 19.4 Å². The summed E-state index contributed by atoms with van der Waals surface area (Å²) in [6, 6.07) is 0.0598. The van der Waals surface area contributed by atoms with Gasteiger partial charge >= 0.3 is 12.0 Å². The Labute approximate surface area is 114 Å². The van der Waals surface area contributed by atoms with Crippen molar-refractivity contribution in [2.75, 3.05) is 13.6 Å². The monoisotopic (exact) mass is 272 g/mol. The van der Waals surface area contributed by atoms with E-state index in [0.717, 1.165) is 12.8 Å². The molecule has 1 aliphatic heterocycles. The predicted octanol–water partition coefficient (Wildman–Crippen LogP) is 1.45. The van der Waals surface area contributed by atoms with Gasteiger partial charge in [-0.15, -0.1) is 0 Å². The van der Waals surface area contributed by atoms with Crippen LogP contribution >= 0.6 is 0 Å². The van der Waals surface area contributed by atoms with Crippen LogP contribution in [0, 0.1) is 0 Å². The van der Waals surface area contributed by atoms with Crippen LogP contribution in [0.25, 0.3) is 0 Å². The van der Waals surface area contributed by atoms with E-state index in [1.165, 1.54) is 0 Å². The van der Waals surface area contributed by atoms with E-state index >= 15 is 0 Å². The molecule has 0 bridgehead atoms. The van der Waals surface area contributed by atoms with Crippen molar-refractivity contribution in [3.05, 3.63) is 0 Å². The minimum atomic E-state index is -0.928. The van der Waals surface area contributed by atoms with Crippen LogP contribution in [0.15, 0.2) is 0 Å². The van der Waals surface area contributed by atoms with Crippen LogP contribution in [0.5, 0.6) is 0 Å². The van der Waals surface area contributed by atoms with Crippen LogP contribution in [-0.2, 0) is 9.53 Å². The predicted molar refractivity (Wildman–Crippen MR) is 71.1 cm³/mol. The van der Waals surface area contributed by atoms with Gasteiger partial charge in [0.2, 0.25) is 0 Å². The number of urea groups is 1. The molecule has 0 spiro atoms. The Kier molecular flexibility index (Phi) is 6.08. The van der Waals surface area contributed by atoms with E-state index in [1.807, 2.05) is 6.92 Å². The number of aliphatic carboxylic acids is 1. The maximum Gasteiger partial charge on any atom is 0.332 e. The molecule has 6 nitrogen and oxygen atoms in total. The SMILES string of the molecule is CCCC(C)N(C)C(=O)NCC1CCC(C(=O)O)O1. The first-order valence-electron chi connectivity index (χ1n) is 6.84. The van der Waals surface area contributed by atoms with Crippen molar-refractivity contribution >= 4 is 12.0 Å². The molecule has 6 heteroatoms. The summed E-state index contributed by atoms with van der Waals surface area (Å²) in [5, 5.41) is 11.6. The Morgan fingerprint density at radius 1 is 1.47 bits per heavy atom. The number of nitrogens with zero attached hydrogens (tertiary/aromatic N) is 1. The van der Waals surface area contributed by atoms with Gasteiger partial charge in [0.15, 0.2) is 6.10 Å².